The number of rotatable bonds is 6. The van der Waals surface area contributed by atoms with Gasteiger partial charge >= 0.3 is 0 Å². The quantitative estimate of drug-likeness (QED) is 0.733. The van der Waals surface area contributed by atoms with E-state index < -0.39 is 10.0 Å². The highest BCUT2D eigenvalue weighted by atomic mass is 32.2. The smallest absolute Gasteiger partial charge is 0.262 e. The number of imidazole rings is 1. The van der Waals surface area contributed by atoms with Gasteiger partial charge in [0.2, 0.25) is 0 Å². The molecule has 2 rings (SSSR count). The molecule has 1 aliphatic heterocycles. The van der Waals surface area contributed by atoms with E-state index in [9.17, 15) is 8.42 Å². The van der Waals surface area contributed by atoms with Gasteiger partial charge in [-0.3, -0.25) is 0 Å². The minimum Gasteiger partial charge on any atom is -0.337 e. The largest absolute Gasteiger partial charge is 0.337 e. The molecule has 0 atom stereocenters. The Labute approximate surface area is 126 Å². The van der Waals surface area contributed by atoms with Gasteiger partial charge < -0.3 is 15.2 Å². The average molecular weight is 315 g/mol. The SMILES string of the molecule is Cc1nc(S(=O)(=O)N2CCN(CCCCN)CC2)cn1C. The Kier molecular flexibility index (Phi) is 5.37. The summed E-state index contributed by atoms with van der Waals surface area (Å²) in [6, 6.07) is 0. The van der Waals surface area contributed by atoms with Crippen LogP contribution in [0.15, 0.2) is 11.2 Å². The van der Waals surface area contributed by atoms with Gasteiger partial charge in [0, 0.05) is 39.4 Å². The Morgan fingerprint density at radius 3 is 2.43 bits per heavy atom. The first-order valence-electron chi connectivity index (χ1n) is 7.37. The number of hydrogen-bond acceptors (Lipinski definition) is 5. The predicted octanol–water partition coefficient (Wildman–Crippen LogP) is -0.226. The zero-order chi connectivity index (χ0) is 15.5. The summed E-state index contributed by atoms with van der Waals surface area (Å²) in [6.07, 6.45) is 3.67. The maximum atomic E-state index is 12.5. The molecule has 0 spiro atoms. The van der Waals surface area contributed by atoms with Crippen LogP contribution in [0.2, 0.25) is 0 Å². The van der Waals surface area contributed by atoms with Gasteiger partial charge in [0.15, 0.2) is 5.03 Å². The van der Waals surface area contributed by atoms with Gasteiger partial charge in [0.1, 0.15) is 5.82 Å². The van der Waals surface area contributed by atoms with E-state index >= 15 is 0 Å². The van der Waals surface area contributed by atoms with Crippen LogP contribution < -0.4 is 5.73 Å². The van der Waals surface area contributed by atoms with Crippen molar-refractivity contribution in [2.75, 3.05) is 39.3 Å². The van der Waals surface area contributed by atoms with Gasteiger partial charge in [-0.25, -0.2) is 13.4 Å². The number of aryl methyl sites for hydroxylation is 2. The molecule has 1 fully saturated rings. The summed E-state index contributed by atoms with van der Waals surface area (Å²) in [5.41, 5.74) is 5.49. The molecule has 2 N–H and O–H groups in total. The van der Waals surface area contributed by atoms with Gasteiger partial charge in [0.05, 0.1) is 0 Å². The first-order chi connectivity index (χ1) is 9.95. The summed E-state index contributed by atoms with van der Waals surface area (Å²) in [5, 5.41) is 0.152. The van der Waals surface area contributed by atoms with Crippen LogP contribution in [0.5, 0.6) is 0 Å². The van der Waals surface area contributed by atoms with Crippen LogP contribution >= 0.6 is 0 Å². The number of hydrogen-bond donors (Lipinski definition) is 1. The third kappa shape index (κ3) is 3.82. The van der Waals surface area contributed by atoms with Crippen molar-refractivity contribution < 1.29 is 8.42 Å². The van der Waals surface area contributed by atoms with E-state index in [0.717, 1.165) is 32.5 Å². The van der Waals surface area contributed by atoms with Crippen molar-refractivity contribution in [1.82, 2.24) is 18.8 Å². The van der Waals surface area contributed by atoms with Gasteiger partial charge in [-0.15, -0.1) is 0 Å². The lowest BCUT2D eigenvalue weighted by molar-refractivity contribution is 0.186. The van der Waals surface area contributed by atoms with Crippen molar-refractivity contribution in [3.63, 3.8) is 0 Å². The third-order valence-electron chi connectivity index (χ3n) is 3.95. The minimum absolute atomic E-state index is 0.152. The van der Waals surface area contributed by atoms with Crippen LogP contribution in [-0.2, 0) is 17.1 Å². The molecule has 1 saturated heterocycles. The minimum atomic E-state index is -3.46. The fourth-order valence-corrected chi connectivity index (χ4v) is 3.90. The fourth-order valence-electron chi connectivity index (χ4n) is 2.46. The summed E-state index contributed by atoms with van der Waals surface area (Å²) in [7, 11) is -1.66. The van der Waals surface area contributed by atoms with E-state index in [1.165, 1.54) is 4.31 Å². The molecular weight excluding hydrogens is 290 g/mol. The van der Waals surface area contributed by atoms with E-state index in [4.69, 9.17) is 5.73 Å². The molecule has 0 amide bonds. The number of aromatic nitrogens is 2. The second-order valence-corrected chi connectivity index (χ2v) is 7.36. The zero-order valence-electron chi connectivity index (χ0n) is 12.8. The zero-order valence-corrected chi connectivity index (χ0v) is 13.6. The molecule has 0 bridgehead atoms. The van der Waals surface area contributed by atoms with Gasteiger partial charge in [0.25, 0.3) is 10.0 Å². The summed E-state index contributed by atoms with van der Waals surface area (Å²) < 4.78 is 28.3. The molecule has 21 heavy (non-hydrogen) atoms. The van der Waals surface area contributed by atoms with Crippen molar-refractivity contribution in [2.45, 2.75) is 24.8 Å². The molecule has 1 aliphatic rings. The lowest BCUT2D eigenvalue weighted by Crippen LogP contribution is -2.48. The number of nitrogens with two attached hydrogens (primary N) is 1. The molecule has 2 heterocycles. The average Bonchev–Trinajstić information content (AvgIpc) is 2.80. The van der Waals surface area contributed by atoms with Gasteiger partial charge in [-0.2, -0.15) is 4.31 Å². The second kappa shape index (κ2) is 6.87. The van der Waals surface area contributed by atoms with Crippen molar-refractivity contribution in [2.24, 2.45) is 12.8 Å². The van der Waals surface area contributed by atoms with Gasteiger partial charge in [-0.1, -0.05) is 0 Å². The Morgan fingerprint density at radius 2 is 1.90 bits per heavy atom. The molecule has 0 aliphatic carbocycles. The maximum Gasteiger partial charge on any atom is 0.262 e. The maximum absolute atomic E-state index is 12.5. The summed E-state index contributed by atoms with van der Waals surface area (Å²) in [5.74, 6) is 0.703. The molecule has 0 radical (unpaired) electrons. The highest BCUT2D eigenvalue weighted by Gasteiger charge is 2.30. The lowest BCUT2D eigenvalue weighted by atomic mass is 10.2. The summed E-state index contributed by atoms with van der Waals surface area (Å²) >= 11 is 0. The third-order valence-corrected chi connectivity index (χ3v) is 5.72. The number of sulfonamides is 1. The number of piperazine rings is 1. The summed E-state index contributed by atoms with van der Waals surface area (Å²) in [6.45, 7) is 6.11. The van der Waals surface area contributed by atoms with Crippen LogP contribution in [0.1, 0.15) is 18.7 Å². The highest BCUT2D eigenvalue weighted by molar-refractivity contribution is 7.89. The van der Waals surface area contributed by atoms with Crippen molar-refractivity contribution in [3.8, 4) is 0 Å². The molecule has 7 nitrogen and oxygen atoms in total. The van der Waals surface area contributed by atoms with Crippen molar-refractivity contribution >= 4 is 10.0 Å². The van der Waals surface area contributed by atoms with Crippen LogP contribution in [0.4, 0.5) is 0 Å². The number of unbranched alkanes of at least 4 members (excludes halogenated alkanes) is 1. The van der Waals surface area contributed by atoms with Crippen molar-refractivity contribution in [1.29, 1.82) is 0 Å². The van der Waals surface area contributed by atoms with E-state index in [1.807, 2.05) is 0 Å². The molecular formula is C13H25N5O2S. The standard InChI is InChI=1S/C13H25N5O2S/c1-12-15-13(11-16(12)2)21(19,20)18-9-7-17(8-10-18)6-4-3-5-14/h11H,3-10,14H2,1-2H3. The number of nitrogens with zero attached hydrogens (tertiary/aromatic N) is 4. The van der Waals surface area contributed by atoms with Crippen LogP contribution in [-0.4, -0.2) is 66.4 Å². The molecule has 1 aromatic rings. The highest BCUT2D eigenvalue weighted by Crippen LogP contribution is 2.17. The van der Waals surface area contributed by atoms with E-state index in [0.29, 0.717) is 25.5 Å². The Balaban J connectivity index is 1.95. The molecule has 0 unspecified atom stereocenters. The van der Waals surface area contributed by atoms with Crippen LogP contribution in [0.3, 0.4) is 0 Å². The molecule has 8 heteroatoms. The fraction of sp³-hybridized carbons (Fsp3) is 0.769. The normalized spacial score (nSPS) is 18.2. The van der Waals surface area contributed by atoms with E-state index in [2.05, 4.69) is 9.88 Å². The Bertz CT molecular complexity index is 542. The first-order valence-corrected chi connectivity index (χ1v) is 8.81. The van der Waals surface area contributed by atoms with Crippen molar-refractivity contribution in [3.05, 3.63) is 12.0 Å². The first kappa shape index (κ1) is 16.4. The lowest BCUT2D eigenvalue weighted by Gasteiger charge is -2.33. The molecule has 120 valence electrons. The Hall–Kier alpha value is -0.960. The van der Waals surface area contributed by atoms with E-state index in [-0.39, 0.29) is 5.03 Å². The summed E-state index contributed by atoms with van der Waals surface area (Å²) in [4.78, 5) is 6.44. The monoisotopic (exact) mass is 315 g/mol. The Morgan fingerprint density at radius 1 is 1.24 bits per heavy atom. The van der Waals surface area contributed by atoms with Crippen LogP contribution in [0, 0.1) is 6.92 Å². The molecule has 0 aromatic carbocycles. The van der Waals surface area contributed by atoms with Crippen LogP contribution in [0.25, 0.3) is 0 Å². The predicted molar refractivity (Wildman–Crippen MR) is 81.4 cm³/mol. The topological polar surface area (TPSA) is 84.5 Å². The molecule has 0 saturated carbocycles. The second-order valence-electron chi connectivity index (χ2n) is 5.48. The van der Waals surface area contributed by atoms with E-state index in [1.54, 1.807) is 24.7 Å². The van der Waals surface area contributed by atoms with Gasteiger partial charge in [-0.05, 0) is 32.9 Å². The molecule has 1 aromatic heterocycles.